The average Bonchev–Trinajstić information content (AvgIpc) is 2.64. The van der Waals surface area contributed by atoms with E-state index in [2.05, 4.69) is 5.32 Å². The Bertz CT molecular complexity index is 811. The van der Waals surface area contributed by atoms with Gasteiger partial charge in [0.1, 0.15) is 0 Å². The molecule has 2 aromatic carbocycles. The first-order valence-corrected chi connectivity index (χ1v) is 9.69. The van der Waals surface area contributed by atoms with Gasteiger partial charge in [-0.3, -0.25) is 4.79 Å². The molecule has 0 aliphatic carbocycles. The molecule has 4 nitrogen and oxygen atoms in total. The van der Waals surface area contributed by atoms with E-state index in [4.69, 9.17) is 23.2 Å². The molecule has 0 bridgehead atoms. The van der Waals surface area contributed by atoms with Crippen molar-refractivity contribution in [3.8, 4) is 0 Å². The van der Waals surface area contributed by atoms with Gasteiger partial charge in [0.25, 0.3) is 0 Å². The number of amides is 1. The Balaban J connectivity index is 2.00. The van der Waals surface area contributed by atoms with Crippen LogP contribution < -0.4 is 5.32 Å². The molecule has 0 radical (unpaired) electrons. The summed E-state index contributed by atoms with van der Waals surface area (Å²) in [4.78, 5) is 12.9. The van der Waals surface area contributed by atoms with Crippen molar-refractivity contribution in [2.75, 3.05) is 6.61 Å². The smallest absolute Gasteiger partial charge is 0.226 e. The van der Waals surface area contributed by atoms with E-state index in [1.165, 1.54) is 0 Å². The first-order chi connectivity index (χ1) is 12.8. The number of halogens is 2. The molecule has 1 saturated heterocycles. The van der Waals surface area contributed by atoms with Crippen LogP contribution in [-0.4, -0.2) is 28.8 Å². The lowest BCUT2D eigenvalue weighted by Crippen LogP contribution is -2.50. The number of benzene rings is 2. The van der Waals surface area contributed by atoms with Crippen molar-refractivity contribution < 1.29 is 15.0 Å². The molecule has 0 spiro atoms. The monoisotopic (exact) mass is 407 g/mol. The summed E-state index contributed by atoms with van der Waals surface area (Å²) in [6, 6.07) is 14.8. The van der Waals surface area contributed by atoms with E-state index in [0.717, 1.165) is 11.1 Å². The molecule has 144 valence electrons. The van der Waals surface area contributed by atoms with Crippen LogP contribution in [0.1, 0.15) is 42.9 Å². The van der Waals surface area contributed by atoms with Crippen molar-refractivity contribution in [2.24, 2.45) is 5.41 Å². The lowest BCUT2D eigenvalue weighted by atomic mass is 9.68. The summed E-state index contributed by atoms with van der Waals surface area (Å²) in [6.07, 6.45) is -0.212. The Morgan fingerprint density at radius 1 is 1.15 bits per heavy atom. The summed E-state index contributed by atoms with van der Waals surface area (Å²) < 4.78 is 0. The fraction of sp³-hybridized carbons (Fsp3) is 0.381. The second-order valence-electron chi connectivity index (χ2n) is 7.47. The van der Waals surface area contributed by atoms with Crippen LogP contribution in [0.5, 0.6) is 0 Å². The topological polar surface area (TPSA) is 69.6 Å². The minimum absolute atomic E-state index is 0.0292. The number of piperidine rings is 1. The molecule has 4 atom stereocenters. The van der Waals surface area contributed by atoms with Gasteiger partial charge in [0.2, 0.25) is 5.91 Å². The largest absolute Gasteiger partial charge is 0.394 e. The van der Waals surface area contributed by atoms with Crippen LogP contribution in [0.4, 0.5) is 0 Å². The number of aliphatic hydroxyl groups is 2. The molecule has 1 fully saturated rings. The summed E-state index contributed by atoms with van der Waals surface area (Å²) in [6.45, 7) is 1.46. The van der Waals surface area contributed by atoms with Gasteiger partial charge in [-0.05, 0) is 48.2 Å². The summed E-state index contributed by atoms with van der Waals surface area (Å²) >= 11 is 12.2. The second kappa shape index (κ2) is 8.19. The Morgan fingerprint density at radius 2 is 1.85 bits per heavy atom. The minimum atomic E-state index is -0.937. The number of rotatable bonds is 5. The lowest BCUT2D eigenvalue weighted by molar-refractivity contribution is -0.137. The molecule has 0 aromatic heterocycles. The fourth-order valence-electron chi connectivity index (χ4n) is 3.91. The quantitative estimate of drug-likeness (QED) is 0.698. The maximum atomic E-state index is 12.9. The van der Waals surface area contributed by atoms with Crippen LogP contribution >= 0.6 is 23.2 Å². The van der Waals surface area contributed by atoms with Gasteiger partial charge in [0.05, 0.1) is 18.8 Å². The third kappa shape index (κ3) is 4.46. The fourth-order valence-corrected chi connectivity index (χ4v) is 4.23. The summed E-state index contributed by atoms with van der Waals surface area (Å²) in [5, 5.41) is 23.6. The highest BCUT2D eigenvalue weighted by Crippen LogP contribution is 2.47. The van der Waals surface area contributed by atoms with Gasteiger partial charge in [0, 0.05) is 21.4 Å². The lowest BCUT2D eigenvalue weighted by Gasteiger charge is -2.43. The summed E-state index contributed by atoms with van der Waals surface area (Å²) in [5.74, 6) is -0.160. The van der Waals surface area contributed by atoms with Gasteiger partial charge in [-0.25, -0.2) is 0 Å². The number of aliphatic hydroxyl groups excluding tert-OH is 2. The molecule has 3 N–H and O–H groups in total. The highest BCUT2D eigenvalue weighted by molar-refractivity contribution is 6.30. The number of carbonyl (C=O) groups excluding carboxylic acids is 1. The average molecular weight is 408 g/mol. The molecule has 0 saturated carbocycles. The van der Waals surface area contributed by atoms with E-state index in [0.29, 0.717) is 16.5 Å². The van der Waals surface area contributed by atoms with Gasteiger partial charge in [-0.1, -0.05) is 54.4 Å². The van der Waals surface area contributed by atoms with Crippen molar-refractivity contribution in [1.82, 2.24) is 5.32 Å². The number of hydrogen-bond donors (Lipinski definition) is 3. The molecule has 3 rings (SSSR count). The molecule has 1 heterocycles. The van der Waals surface area contributed by atoms with E-state index < -0.39 is 11.5 Å². The van der Waals surface area contributed by atoms with E-state index in [-0.39, 0.29) is 30.9 Å². The van der Waals surface area contributed by atoms with Crippen molar-refractivity contribution in [3.05, 3.63) is 69.7 Å². The van der Waals surface area contributed by atoms with Gasteiger partial charge in [-0.15, -0.1) is 0 Å². The highest BCUT2D eigenvalue weighted by atomic mass is 35.5. The molecule has 6 heteroatoms. The summed E-state index contributed by atoms with van der Waals surface area (Å²) in [5.41, 5.74) is 1.19. The van der Waals surface area contributed by atoms with E-state index in [9.17, 15) is 15.0 Å². The Kier molecular flexibility index (Phi) is 6.11. The molecule has 27 heavy (non-hydrogen) atoms. The number of hydrogen-bond acceptors (Lipinski definition) is 3. The maximum absolute atomic E-state index is 12.9. The zero-order chi connectivity index (χ0) is 19.6. The zero-order valence-corrected chi connectivity index (χ0v) is 16.5. The summed E-state index contributed by atoms with van der Waals surface area (Å²) in [7, 11) is 0. The van der Waals surface area contributed by atoms with Crippen LogP contribution in [-0.2, 0) is 4.79 Å². The molecule has 1 aliphatic rings. The van der Waals surface area contributed by atoms with Crippen molar-refractivity contribution in [2.45, 2.75) is 37.8 Å². The van der Waals surface area contributed by atoms with Crippen LogP contribution in [0.25, 0.3) is 0 Å². The molecular weight excluding hydrogens is 385 g/mol. The third-order valence-corrected chi connectivity index (χ3v) is 5.80. The Morgan fingerprint density at radius 3 is 2.48 bits per heavy atom. The predicted octanol–water partition coefficient (Wildman–Crippen LogP) is 4.09. The first-order valence-electron chi connectivity index (χ1n) is 8.93. The van der Waals surface area contributed by atoms with Gasteiger partial charge in [0.15, 0.2) is 0 Å². The van der Waals surface area contributed by atoms with Crippen LogP contribution in [0.15, 0.2) is 48.5 Å². The number of nitrogens with one attached hydrogen (secondary N) is 1. The Labute approximate surface area is 169 Å². The Hall–Kier alpha value is -1.59. The molecule has 1 amide bonds. The van der Waals surface area contributed by atoms with Gasteiger partial charge in [-0.2, -0.15) is 0 Å². The maximum Gasteiger partial charge on any atom is 0.226 e. The van der Waals surface area contributed by atoms with Crippen LogP contribution in [0.2, 0.25) is 10.0 Å². The molecule has 2 aromatic rings. The van der Waals surface area contributed by atoms with Crippen LogP contribution in [0.3, 0.4) is 0 Å². The van der Waals surface area contributed by atoms with Crippen molar-refractivity contribution >= 4 is 29.1 Å². The molecular formula is C21H23Cl2NO3. The minimum Gasteiger partial charge on any atom is -0.394 e. The van der Waals surface area contributed by atoms with E-state index in [1.807, 2.05) is 43.3 Å². The first kappa shape index (κ1) is 20.2. The van der Waals surface area contributed by atoms with Crippen molar-refractivity contribution in [1.29, 1.82) is 0 Å². The highest BCUT2D eigenvalue weighted by Gasteiger charge is 2.45. The number of carbonyl (C=O) groups is 1. The predicted molar refractivity (Wildman–Crippen MR) is 107 cm³/mol. The van der Waals surface area contributed by atoms with Crippen LogP contribution in [0, 0.1) is 5.41 Å². The SMILES string of the molecule is CC1(CC(O)CO)C[C@H](c2cccc(Cl)c2)[C@@H](c2ccc(Cl)cc2)NC1=O. The second-order valence-corrected chi connectivity index (χ2v) is 8.34. The van der Waals surface area contributed by atoms with E-state index in [1.54, 1.807) is 12.1 Å². The third-order valence-electron chi connectivity index (χ3n) is 5.31. The van der Waals surface area contributed by atoms with E-state index >= 15 is 0 Å². The standard InChI is InChI=1S/C21H23Cl2NO3/c1-21(10-17(26)12-25)11-18(14-3-2-4-16(23)9-14)19(24-20(21)27)13-5-7-15(22)8-6-13/h2-9,17-19,25-26H,10-12H2,1H3,(H,24,27)/t17?,18-,19-,21?/m1/s1. The zero-order valence-electron chi connectivity index (χ0n) is 15.0. The van der Waals surface area contributed by atoms with Crippen molar-refractivity contribution in [3.63, 3.8) is 0 Å². The van der Waals surface area contributed by atoms with Gasteiger partial charge >= 0.3 is 0 Å². The van der Waals surface area contributed by atoms with Gasteiger partial charge < -0.3 is 15.5 Å². The molecule has 1 aliphatic heterocycles. The normalized spacial score (nSPS) is 26.5. The molecule has 2 unspecified atom stereocenters.